The van der Waals surface area contributed by atoms with Crippen molar-refractivity contribution in [2.75, 3.05) is 16.8 Å². The highest BCUT2D eigenvalue weighted by Gasteiger charge is 2.35. The van der Waals surface area contributed by atoms with Crippen LogP contribution in [0.25, 0.3) is 0 Å². The lowest BCUT2D eigenvalue weighted by Crippen LogP contribution is -2.28. The molecule has 0 aromatic heterocycles. The van der Waals surface area contributed by atoms with Crippen molar-refractivity contribution < 1.29 is 14.0 Å². The molecule has 0 bridgehead atoms. The van der Waals surface area contributed by atoms with Crippen molar-refractivity contribution in [2.24, 2.45) is 5.92 Å². The van der Waals surface area contributed by atoms with Gasteiger partial charge in [0.2, 0.25) is 11.8 Å². The van der Waals surface area contributed by atoms with Gasteiger partial charge in [-0.3, -0.25) is 9.59 Å². The van der Waals surface area contributed by atoms with Crippen LogP contribution >= 0.6 is 0 Å². The molecule has 1 aliphatic heterocycles. The Hall–Kier alpha value is -2.69. The van der Waals surface area contributed by atoms with Gasteiger partial charge < -0.3 is 10.2 Å². The van der Waals surface area contributed by atoms with Gasteiger partial charge in [-0.1, -0.05) is 17.7 Å². The molecular formula is C19H19FN2O2. The molecule has 124 valence electrons. The average molecular weight is 326 g/mol. The summed E-state index contributed by atoms with van der Waals surface area (Å²) >= 11 is 0. The molecule has 1 atom stereocenters. The van der Waals surface area contributed by atoms with E-state index in [0.29, 0.717) is 12.2 Å². The molecule has 0 saturated carbocycles. The van der Waals surface area contributed by atoms with Crippen LogP contribution < -0.4 is 10.2 Å². The molecule has 4 nitrogen and oxygen atoms in total. The number of rotatable bonds is 3. The first-order valence-electron chi connectivity index (χ1n) is 7.88. The van der Waals surface area contributed by atoms with Crippen molar-refractivity contribution in [1.82, 2.24) is 0 Å². The quantitative estimate of drug-likeness (QED) is 0.939. The molecule has 1 aliphatic rings. The van der Waals surface area contributed by atoms with Gasteiger partial charge in [0.15, 0.2) is 0 Å². The zero-order chi connectivity index (χ0) is 17.3. The van der Waals surface area contributed by atoms with Crippen molar-refractivity contribution in [3.63, 3.8) is 0 Å². The largest absolute Gasteiger partial charge is 0.326 e. The number of hydrogen-bond acceptors (Lipinski definition) is 2. The van der Waals surface area contributed by atoms with Crippen molar-refractivity contribution in [3.05, 3.63) is 59.4 Å². The number of nitrogens with one attached hydrogen (secondary N) is 1. The van der Waals surface area contributed by atoms with E-state index in [-0.39, 0.29) is 24.1 Å². The normalized spacial score (nSPS) is 17.2. The lowest BCUT2D eigenvalue weighted by molar-refractivity contribution is -0.122. The van der Waals surface area contributed by atoms with Crippen molar-refractivity contribution >= 4 is 23.2 Å². The first-order valence-corrected chi connectivity index (χ1v) is 7.88. The fourth-order valence-electron chi connectivity index (χ4n) is 3.00. The fraction of sp³-hybridized carbons (Fsp3) is 0.263. The van der Waals surface area contributed by atoms with Gasteiger partial charge in [0.05, 0.1) is 5.92 Å². The third kappa shape index (κ3) is 3.30. The van der Waals surface area contributed by atoms with E-state index in [4.69, 9.17) is 0 Å². The maximum absolute atomic E-state index is 12.9. The average Bonchev–Trinajstić information content (AvgIpc) is 2.91. The van der Waals surface area contributed by atoms with Crippen LogP contribution in [-0.2, 0) is 9.59 Å². The second kappa shape index (κ2) is 6.43. The smallest absolute Gasteiger partial charge is 0.229 e. The van der Waals surface area contributed by atoms with E-state index in [1.54, 1.807) is 4.90 Å². The van der Waals surface area contributed by atoms with E-state index in [0.717, 1.165) is 16.8 Å². The van der Waals surface area contributed by atoms with Crippen LogP contribution in [0.15, 0.2) is 42.5 Å². The summed E-state index contributed by atoms with van der Waals surface area (Å²) in [5.74, 6) is -1.04. The molecule has 0 aliphatic carbocycles. The van der Waals surface area contributed by atoms with E-state index in [2.05, 4.69) is 5.32 Å². The van der Waals surface area contributed by atoms with Gasteiger partial charge in [0.25, 0.3) is 0 Å². The number of carbonyl (C=O) groups excluding carboxylic acids is 2. The molecule has 1 N–H and O–H groups in total. The van der Waals surface area contributed by atoms with Gasteiger partial charge in [0.1, 0.15) is 5.82 Å². The first kappa shape index (κ1) is 16.2. The van der Waals surface area contributed by atoms with Gasteiger partial charge in [-0.05, 0) is 49.7 Å². The Morgan fingerprint density at radius 3 is 2.54 bits per heavy atom. The van der Waals surface area contributed by atoms with Crippen molar-refractivity contribution in [2.45, 2.75) is 20.3 Å². The molecule has 3 rings (SSSR count). The second-order valence-corrected chi connectivity index (χ2v) is 6.19. The molecule has 1 saturated heterocycles. The van der Waals surface area contributed by atoms with E-state index in [1.807, 2.05) is 32.0 Å². The molecule has 1 heterocycles. The monoisotopic (exact) mass is 326 g/mol. The van der Waals surface area contributed by atoms with Crippen molar-refractivity contribution in [3.8, 4) is 0 Å². The van der Waals surface area contributed by atoms with Gasteiger partial charge in [-0.25, -0.2) is 4.39 Å². The molecule has 0 spiro atoms. The van der Waals surface area contributed by atoms with Gasteiger partial charge in [-0.2, -0.15) is 0 Å². The summed E-state index contributed by atoms with van der Waals surface area (Å²) in [5, 5.41) is 2.74. The summed E-state index contributed by atoms with van der Waals surface area (Å²) in [6, 6.07) is 11.5. The molecular weight excluding hydrogens is 307 g/mol. The van der Waals surface area contributed by atoms with Gasteiger partial charge in [-0.15, -0.1) is 0 Å². The Bertz CT molecular complexity index is 786. The van der Waals surface area contributed by atoms with Crippen molar-refractivity contribution in [1.29, 1.82) is 0 Å². The maximum Gasteiger partial charge on any atom is 0.229 e. The number of carbonyl (C=O) groups is 2. The third-order valence-electron chi connectivity index (χ3n) is 4.25. The number of amides is 2. The lowest BCUT2D eigenvalue weighted by Gasteiger charge is -2.19. The number of aryl methyl sites for hydroxylation is 2. The number of halogens is 1. The predicted molar refractivity (Wildman–Crippen MR) is 91.4 cm³/mol. The molecule has 2 aromatic rings. The molecule has 5 heteroatoms. The van der Waals surface area contributed by atoms with Crippen LogP contribution in [0.3, 0.4) is 0 Å². The summed E-state index contributed by atoms with van der Waals surface area (Å²) in [5.41, 5.74) is 3.53. The lowest BCUT2D eigenvalue weighted by atomic mass is 10.1. The number of benzene rings is 2. The molecule has 0 radical (unpaired) electrons. The summed E-state index contributed by atoms with van der Waals surface area (Å²) in [7, 11) is 0. The molecule has 2 amide bonds. The summed E-state index contributed by atoms with van der Waals surface area (Å²) < 4.78 is 12.9. The molecule has 24 heavy (non-hydrogen) atoms. The minimum Gasteiger partial charge on any atom is -0.326 e. The van der Waals surface area contributed by atoms with Crippen LogP contribution in [0.4, 0.5) is 15.8 Å². The molecule has 0 unspecified atom stereocenters. The Labute approximate surface area is 140 Å². The van der Waals surface area contributed by atoms with Crippen LogP contribution in [0, 0.1) is 25.6 Å². The standard InChI is InChI=1S/C19H19FN2O2/c1-12-3-8-17(13(2)9-12)22-11-14(10-18(22)23)19(24)21-16-6-4-15(20)5-7-16/h3-9,14H,10-11H2,1-2H3,(H,21,24)/t14-/m0/s1. The second-order valence-electron chi connectivity index (χ2n) is 6.19. The Kier molecular flexibility index (Phi) is 4.34. The molecule has 2 aromatic carbocycles. The van der Waals surface area contributed by atoms with Crippen LogP contribution in [-0.4, -0.2) is 18.4 Å². The Balaban J connectivity index is 1.72. The minimum absolute atomic E-state index is 0.0544. The Morgan fingerprint density at radius 1 is 1.17 bits per heavy atom. The van der Waals surface area contributed by atoms with E-state index in [1.165, 1.54) is 24.3 Å². The van der Waals surface area contributed by atoms with Crippen LogP contribution in [0.5, 0.6) is 0 Å². The predicted octanol–water partition coefficient (Wildman–Crippen LogP) is 3.43. The maximum atomic E-state index is 12.9. The van der Waals surface area contributed by atoms with E-state index >= 15 is 0 Å². The highest BCUT2D eigenvalue weighted by molar-refractivity contribution is 6.03. The zero-order valence-electron chi connectivity index (χ0n) is 13.7. The summed E-state index contributed by atoms with van der Waals surface area (Å²) in [6.07, 6.45) is 0.181. The number of anilines is 2. The van der Waals surface area contributed by atoms with Gasteiger partial charge in [0, 0.05) is 24.3 Å². The highest BCUT2D eigenvalue weighted by atomic mass is 19.1. The topological polar surface area (TPSA) is 49.4 Å². The summed E-state index contributed by atoms with van der Waals surface area (Å²) in [6.45, 7) is 4.32. The minimum atomic E-state index is -0.414. The van der Waals surface area contributed by atoms with Crippen LogP contribution in [0.1, 0.15) is 17.5 Å². The fourth-order valence-corrected chi connectivity index (χ4v) is 3.00. The van der Waals surface area contributed by atoms with E-state index in [9.17, 15) is 14.0 Å². The SMILES string of the molecule is Cc1ccc(N2C[C@@H](C(=O)Nc3ccc(F)cc3)CC2=O)c(C)c1. The van der Waals surface area contributed by atoms with Crippen LogP contribution in [0.2, 0.25) is 0 Å². The molecule has 1 fully saturated rings. The van der Waals surface area contributed by atoms with E-state index < -0.39 is 5.92 Å². The number of nitrogens with zero attached hydrogens (tertiary/aromatic N) is 1. The first-order chi connectivity index (χ1) is 11.4. The number of hydrogen-bond donors (Lipinski definition) is 1. The zero-order valence-corrected chi connectivity index (χ0v) is 13.7. The Morgan fingerprint density at radius 2 is 1.88 bits per heavy atom. The highest BCUT2D eigenvalue weighted by Crippen LogP contribution is 2.29. The summed E-state index contributed by atoms with van der Waals surface area (Å²) in [4.78, 5) is 26.4. The van der Waals surface area contributed by atoms with Gasteiger partial charge >= 0.3 is 0 Å². The third-order valence-corrected chi connectivity index (χ3v) is 4.25.